The fourth-order valence-corrected chi connectivity index (χ4v) is 5.57. The van der Waals surface area contributed by atoms with Gasteiger partial charge in [-0.25, -0.2) is 4.98 Å². The number of benzene rings is 2. The highest BCUT2D eigenvalue weighted by Crippen LogP contribution is 2.29. The second kappa shape index (κ2) is 12.7. The van der Waals surface area contributed by atoms with Crippen LogP contribution in [-0.2, 0) is 12.8 Å². The minimum absolute atomic E-state index is 0.0799. The molecule has 5 rings (SSSR count). The van der Waals surface area contributed by atoms with Crippen molar-refractivity contribution in [2.45, 2.75) is 57.8 Å². The van der Waals surface area contributed by atoms with Gasteiger partial charge in [-0.3, -0.25) is 24.3 Å². The van der Waals surface area contributed by atoms with Crippen molar-refractivity contribution in [2.24, 2.45) is 11.7 Å². The van der Waals surface area contributed by atoms with Crippen molar-refractivity contribution in [3.63, 3.8) is 0 Å². The number of carbonyl (C=O) groups is 3. The standard InChI is InChI=1S/C32H34N4O4/c33-29(37)25-19-20-34-28(24(25)18-17-23-12-5-2-6-13-23)31(38)36(21-9-14-22-10-3-1-4-11-22)32(39)30-35-26-15-7-8-16-27(26)40-30/h1,3-4,7-8,10-11,15-16,19-20,23H,2,5-6,9,12-14,17-18,21H2,(H2,33,37). The Morgan fingerprint density at radius 2 is 1.65 bits per heavy atom. The lowest BCUT2D eigenvalue weighted by molar-refractivity contribution is 0.0587. The summed E-state index contributed by atoms with van der Waals surface area (Å²) < 4.78 is 5.73. The smallest absolute Gasteiger partial charge is 0.316 e. The summed E-state index contributed by atoms with van der Waals surface area (Å²) in [5.74, 6) is -1.47. The number of rotatable bonds is 10. The van der Waals surface area contributed by atoms with Crippen LogP contribution in [0.4, 0.5) is 0 Å². The molecule has 2 aromatic carbocycles. The summed E-state index contributed by atoms with van der Waals surface area (Å²) in [6, 6.07) is 18.5. The molecular weight excluding hydrogens is 504 g/mol. The van der Waals surface area contributed by atoms with Gasteiger partial charge in [0.05, 0.1) is 0 Å². The van der Waals surface area contributed by atoms with E-state index in [0.29, 0.717) is 41.8 Å². The number of pyridine rings is 1. The Labute approximate surface area is 233 Å². The number of carbonyl (C=O) groups excluding carboxylic acids is 3. The maximum atomic E-state index is 14.1. The molecule has 0 aliphatic heterocycles. The topological polar surface area (TPSA) is 119 Å². The van der Waals surface area contributed by atoms with Crippen LogP contribution in [0, 0.1) is 5.92 Å². The third-order valence-electron chi connectivity index (χ3n) is 7.71. The average molecular weight is 539 g/mol. The molecule has 2 N–H and O–H groups in total. The Bertz CT molecular complexity index is 1460. The van der Waals surface area contributed by atoms with E-state index in [4.69, 9.17) is 10.2 Å². The van der Waals surface area contributed by atoms with Crippen molar-refractivity contribution in [3.8, 4) is 0 Å². The number of aromatic nitrogens is 2. The lowest BCUT2D eigenvalue weighted by Gasteiger charge is -2.23. The molecule has 0 radical (unpaired) electrons. The first kappa shape index (κ1) is 27.2. The summed E-state index contributed by atoms with van der Waals surface area (Å²) >= 11 is 0. The lowest BCUT2D eigenvalue weighted by atomic mass is 9.84. The number of fused-ring (bicyclic) bond motifs is 1. The van der Waals surface area contributed by atoms with E-state index in [9.17, 15) is 14.4 Å². The van der Waals surface area contributed by atoms with E-state index >= 15 is 0 Å². The van der Waals surface area contributed by atoms with Crippen LogP contribution in [0.3, 0.4) is 0 Å². The van der Waals surface area contributed by atoms with E-state index in [1.54, 1.807) is 30.3 Å². The van der Waals surface area contributed by atoms with Crippen molar-refractivity contribution in [2.75, 3.05) is 6.54 Å². The van der Waals surface area contributed by atoms with Gasteiger partial charge in [0.25, 0.3) is 11.8 Å². The van der Waals surface area contributed by atoms with Crippen LogP contribution in [0.1, 0.15) is 87.6 Å². The highest BCUT2D eigenvalue weighted by molar-refractivity contribution is 6.10. The second-order valence-corrected chi connectivity index (χ2v) is 10.4. The van der Waals surface area contributed by atoms with Gasteiger partial charge in [0.1, 0.15) is 11.2 Å². The molecular formula is C32H34N4O4. The Morgan fingerprint density at radius 3 is 2.40 bits per heavy atom. The molecule has 2 aromatic heterocycles. The van der Waals surface area contributed by atoms with E-state index in [2.05, 4.69) is 9.97 Å². The zero-order valence-electron chi connectivity index (χ0n) is 22.6. The van der Waals surface area contributed by atoms with E-state index in [0.717, 1.165) is 29.7 Å². The number of nitrogens with two attached hydrogens (primary N) is 1. The first-order valence-electron chi connectivity index (χ1n) is 14.0. The van der Waals surface area contributed by atoms with Gasteiger partial charge in [0.2, 0.25) is 5.91 Å². The molecule has 3 amide bonds. The van der Waals surface area contributed by atoms with Gasteiger partial charge in [-0.1, -0.05) is 74.6 Å². The first-order valence-corrected chi connectivity index (χ1v) is 14.0. The summed E-state index contributed by atoms with van der Waals surface area (Å²) in [6.45, 7) is 0.135. The third-order valence-corrected chi connectivity index (χ3v) is 7.71. The number of hydrogen-bond acceptors (Lipinski definition) is 6. The Morgan fingerprint density at radius 1 is 0.900 bits per heavy atom. The fourth-order valence-electron chi connectivity index (χ4n) is 5.57. The normalized spacial score (nSPS) is 13.8. The average Bonchev–Trinajstić information content (AvgIpc) is 3.43. The number of hydrogen-bond donors (Lipinski definition) is 1. The molecule has 1 aliphatic carbocycles. The van der Waals surface area contributed by atoms with Crippen LogP contribution in [0.15, 0.2) is 71.3 Å². The Balaban J connectivity index is 1.45. The molecule has 0 atom stereocenters. The summed E-state index contributed by atoms with van der Waals surface area (Å²) in [5, 5.41) is 0. The van der Waals surface area contributed by atoms with Crippen LogP contribution >= 0.6 is 0 Å². The van der Waals surface area contributed by atoms with Crippen molar-refractivity contribution in [1.82, 2.24) is 14.9 Å². The van der Waals surface area contributed by atoms with Crippen molar-refractivity contribution >= 4 is 28.8 Å². The van der Waals surface area contributed by atoms with Gasteiger partial charge in [-0.2, -0.15) is 0 Å². The van der Waals surface area contributed by atoms with Crippen molar-refractivity contribution in [1.29, 1.82) is 0 Å². The molecule has 2 heterocycles. The summed E-state index contributed by atoms with van der Waals surface area (Å²) in [4.78, 5) is 50.1. The Hall–Kier alpha value is -4.33. The predicted molar refractivity (Wildman–Crippen MR) is 152 cm³/mol. The number of nitrogens with zero attached hydrogens (tertiary/aromatic N) is 3. The second-order valence-electron chi connectivity index (χ2n) is 10.4. The summed E-state index contributed by atoms with van der Waals surface area (Å²) in [7, 11) is 0. The van der Waals surface area contributed by atoms with Gasteiger partial charge in [-0.15, -0.1) is 0 Å². The van der Waals surface area contributed by atoms with Crippen LogP contribution in [0.2, 0.25) is 0 Å². The molecule has 40 heavy (non-hydrogen) atoms. The van der Waals surface area contributed by atoms with E-state index in [-0.39, 0.29) is 23.7 Å². The summed E-state index contributed by atoms with van der Waals surface area (Å²) in [6.07, 6.45) is 9.85. The molecule has 1 aliphatic rings. The number of para-hydroxylation sites is 2. The Kier molecular flexibility index (Phi) is 8.64. The molecule has 4 aromatic rings. The summed E-state index contributed by atoms with van der Waals surface area (Å²) in [5.41, 5.74) is 8.68. The molecule has 0 bridgehead atoms. The number of aryl methyl sites for hydroxylation is 1. The fraction of sp³-hybridized carbons (Fsp3) is 0.344. The highest BCUT2D eigenvalue weighted by Gasteiger charge is 2.31. The van der Waals surface area contributed by atoms with Gasteiger partial charge in [0, 0.05) is 18.3 Å². The first-order chi connectivity index (χ1) is 19.5. The molecule has 0 spiro atoms. The minimum Gasteiger partial charge on any atom is -0.432 e. The molecule has 0 saturated heterocycles. The SMILES string of the molecule is NC(=O)c1ccnc(C(=O)N(CCCc2ccccc2)C(=O)c2nc3ccccc3o2)c1CCC1CCCCC1. The molecule has 8 nitrogen and oxygen atoms in total. The maximum absolute atomic E-state index is 14.1. The number of amides is 3. The molecule has 8 heteroatoms. The van der Waals surface area contributed by atoms with Gasteiger partial charge < -0.3 is 10.2 Å². The molecule has 0 unspecified atom stereocenters. The monoisotopic (exact) mass is 538 g/mol. The quantitative estimate of drug-likeness (QED) is 0.257. The molecule has 206 valence electrons. The molecule has 1 fully saturated rings. The van der Waals surface area contributed by atoms with E-state index in [1.165, 1.54) is 25.5 Å². The van der Waals surface area contributed by atoms with Crippen molar-refractivity contribution in [3.05, 3.63) is 95.1 Å². The van der Waals surface area contributed by atoms with E-state index < -0.39 is 17.7 Å². The number of imide groups is 1. The zero-order chi connectivity index (χ0) is 27.9. The predicted octanol–water partition coefficient (Wildman–Crippen LogP) is 5.75. The van der Waals surface area contributed by atoms with Crippen LogP contribution in [0.25, 0.3) is 11.1 Å². The zero-order valence-corrected chi connectivity index (χ0v) is 22.6. The van der Waals surface area contributed by atoms with Crippen LogP contribution in [-0.4, -0.2) is 39.1 Å². The minimum atomic E-state index is -0.640. The molecule has 1 saturated carbocycles. The third kappa shape index (κ3) is 6.28. The lowest BCUT2D eigenvalue weighted by Crippen LogP contribution is -2.39. The van der Waals surface area contributed by atoms with Gasteiger partial charge in [0.15, 0.2) is 5.58 Å². The van der Waals surface area contributed by atoms with Crippen LogP contribution < -0.4 is 5.73 Å². The van der Waals surface area contributed by atoms with Gasteiger partial charge >= 0.3 is 5.91 Å². The maximum Gasteiger partial charge on any atom is 0.316 e. The highest BCUT2D eigenvalue weighted by atomic mass is 16.4. The van der Waals surface area contributed by atoms with Crippen LogP contribution in [0.5, 0.6) is 0 Å². The van der Waals surface area contributed by atoms with Crippen molar-refractivity contribution < 1.29 is 18.8 Å². The number of oxazole rings is 1. The van der Waals surface area contributed by atoms with Gasteiger partial charge in [-0.05, 0) is 60.9 Å². The van der Waals surface area contributed by atoms with E-state index in [1.807, 2.05) is 30.3 Å². The largest absolute Gasteiger partial charge is 0.432 e. The number of primary amides is 1.